The van der Waals surface area contributed by atoms with Crippen LogP contribution in [-0.2, 0) is 6.54 Å². The van der Waals surface area contributed by atoms with Crippen LogP contribution in [0.25, 0.3) is 0 Å². The third-order valence-corrected chi connectivity index (χ3v) is 2.43. The zero-order chi connectivity index (χ0) is 11.4. The molecule has 1 heterocycles. The molecule has 15 heavy (non-hydrogen) atoms. The maximum absolute atomic E-state index is 9.80. The largest absolute Gasteiger partial charge is 0.390 e. The molecule has 0 radical (unpaired) electrons. The highest BCUT2D eigenvalue weighted by Gasteiger charge is 2.11. The highest BCUT2D eigenvalue weighted by molar-refractivity contribution is 4.86. The van der Waals surface area contributed by atoms with Gasteiger partial charge in [-0.1, -0.05) is 5.21 Å². The summed E-state index contributed by atoms with van der Waals surface area (Å²) >= 11 is 0. The van der Waals surface area contributed by atoms with E-state index in [0.717, 1.165) is 5.69 Å². The van der Waals surface area contributed by atoms with Gasteiger partial charge in [-0.2, -0.15) is 0 Å². The van der Waals surface area contributed by atoms with Crippen molar-refractivity contribution in [2.75, 3.05) is 13.6 Å². The third kappa shape index (κ3) is 3.97. The molecule has 0 fully saturated rings. The first-order chi connectivity index (χ1) is 6.99. The molecular weight excluding hydrogens is 192 g/mol. The fraction of sp³-hybridized carbons (Fsp3) is 0.800. The second-order valence-corrected chi connectivity index (χ2v) is 4.27. The first-order valence-electron chi connectivity index (χ1n) is 5.24. The van der Waals surface area contributed by atoms with Crippen molar-refractivity contribution >= 4 is 0 Å². The minimum atomic E-state index is -0.404. The SMILES string of the molecule is Cc1cn(CC(O)CN(C)C(C)C)nn1. The van der Waals surface area contributed by atoms with Crippen molar-refractivity contribution in [2.45, 2.75) is 39.5 Å². The molecule has 1 unspecified atom stereocenters. The van der Waals surface area contributed by atoms with E-state index >= 15 is 0 Å². The van der Waals surface area contributed by atoms with Gasteiger partial charge in [-0.05, 0) is 27.8 Å². The van der Waals surface area contributed by atoms with Crippen LogP contribution in [-0.4, -0.2) is 50.7 Å². The molecule has 0 spiro atoms. The highest BCUT2D eigenvalue weighted by atomic mass is 16.3. The molecule has 0 amide bonds. The molecule has 1 rings (SSSR count). The fourth-order valence-corrected chi connectivity index (χ4v) is 1.30. The molecule has 1 aromatic heterocycles. The molecule has 0 saturated heterocycles. The molecule has 5 heteroatoms. The van der Waals surface area contributed by atoms with Crippen LogP contribution in [0.1, 0.15) is 19.5 Å². The van der Waals surface area contributed by atoms with E-state index < -0.39 is 6.10 Å². The van der Waals surface area contributed by atoms with Crippen molar-refractivity contribution in [3.8, 4) is 0 Å². The number of likely N-dealkylation sites (N-methyl/N-ethyl adjacent to an activating group) is 1. The van der Waals surface area contributed by atoms with Crippen molar-refractivity contribution in [3.05, 3.63) is 11.9 Å². The minimum Gasteiger partial charge on any atom is -0.390 e. The number of hydrogen-bond acceptors (Lipinski definition) is 4. The lowest BCUT2D eigenvalue weighted by atomic mass is 10.3. The normalized spacial score (nSPS) is 13.8. The first-order valence-corrected chi connectivity index (χ1v) is 5.24. The first kappa shape index (κ1) is 12.1. The van der Waals surface area contributed by atoms with Crippen LogP contribution in [0.4, 0.5) is 0 Å². The molecule has 0 aromatic carbocycles. The molecule has 86 valence electrons. The number of hydrogen-bond donors (Lipinski definition) is 1. The van der Waals surface area contributed by atoms with Crippen LogP contribution in [0, 0.1) is 6.92 Å². The molecular formula is C10H20N4O. The van der Waals surface area contributed by atoms with Gasteiger partial charge in [0, 0.05) is 18.8 Å². The summed E-state index contributed by atoms with van der Waals surface area (Å²) < 4.78 is 1.67. The van der Waals surface area contributed by atoms with Crippen LogP contribution in [0.2, 0.25) is 0 Å². The Kier molecular flexibility index (Phi) is 4.23. The van der Waals surface area contributed by atoms with Gasteiger partial charge in [-0.3, -0.25) is 0 Å². The van der Waals surface area contributed by atoms with Crippen LogP contribution < -0.4 is 0 Å². The van der Waals surface area contributed by atoms with Gasteiger partial charge in [0.2, 0.25) is 0 Å². The van der Waals surface area contributed by atoms with E-state index in [4.69, 9.17) is 0 Å². The number of aryl methyl sites for hydroxylation is 1. The van der Waals surface area contributed by atoms with E-state index in [0.29, 0.717) is 19.1 Å². The predicted octanol–water partition coefficient (Wildman–Crippen LogP) is 0.288. The Bertz CT molecular complexity index is 297. The Labute approximate surface area is 90.7 Å². The van der Waals surface area contributed by atoms with Gasteiger partial charge in [0.05, 0.1) is 18.3 Å². The van der Waals surface area contributed by atoms with Crippen molar-refractivity contribution < 1.29 is 5.11 Å². The Morgan fingerprint density at radius 1 is 1.53 bits per heavy atom. The van der Waals surface area contributed by atoms with Gasteiger partial charge in [0.15, 0.2) is 0 Å². The molecule has 1 atom stereocenters. The van der Waals surface area contributed by atoms with Crippen LogP contribution in [0.3, 0.4) is 0 Å². The molecule has 0 saturated carbocycles. The Hall–Kier alpha value is -0.940. The quantitative estimate of drug-likeness (QED) is 0.762. The fourth-order valence-electron chi connectivity index (χ4n) is 1.30. The van der Waals surface area contributed by atoms with Gasteiger partial charge in [0.25, 0.3) is 0 Å². The number of aliphatic hydroxyl groups excluding tert-OH is 1. The van der Waals surface area contributed by atoms with Crippen molar-refractivity contribution in [2.24, 2.45) is 0 Å². The number of rotatable bonds is 5. The summed E-state index contributed by atoms with van der Waals surface area (Å²) in [6.45, 7) is 7.24. The van der Waals surface area contributed by atoms with Gasteiger partial charge in [-0.15, -0.1) is 5.10 Å². The molecule has 5 nitrogen and oxygen atoms in total. The molecule has 1 aromatic rings. The van der Waals surface area contributed by atoms with E-state index in [1.807, 2.05) is 20.2 Å². The third-order valence-electron chi connectivity index (χ3n) is 2.43. The van der Waals surface area contributed by atoms with Crippen molar-refractivity contribution in [3.63, 3.8) is 0 Å². The molecule has 0 aliphatic heterocycles. The maximum atomic E-state index is 9.80. The zero-order valence-corrected chi connectivity index (χ0v) is 9.88. The summed E-state index contributed by atoms with van der Waals surface area (Å²) in [5, 5.41) is 17.6. The van der Waals surface area contributed by atoms with Gasteiger partial charge >= 0.3 is 0 Å². The predicted molar refractivity (Wildman–Crippen MR) is 58.5 cm³/mol. The number of aromatic nitrogens is 3. The molecule has 0 aliphatic rings. The second kappa shape index (κ2) is 5.23. The monoisotopic (exact) mass is 212 g/mol. The lowest BCUT2D eigenvalue weighted by Gasteiger charge is -2.23. The summed E-state index contributed by atoms with van der Waals surface area (Å²) in [5.41, 5.74) is 0.874. The summed E-state index contributed by atoms with van der Waals surface area (Å²) in [5.74, 6) is 0. The lowest BCUT2D eigenvalue weighted by molar-refractivity contribution is 0.0938. The zero-order valence-electron chi connectivity index (χ0n) is 9.88. The minimum absolute atomic E-state index is 0.404. The summed E-state index contributed by atoms with van der Waals surface area (Å²) in [6, 6.07) is 0.442. The van der Waals surface area contributed by atoms with Gasteiger partial charge < -0.3 is 10.0 Å². The van der Waals surface area contributed by atoms with Crippen LogP contribution >= 0.6 is 0 Å². The molecule has 0 aliphatic carbocycles. The van der Waals surface area contributed by atoms with Gasteiger partial charge in [-0.25, -0.2) is 4.68 Å². The van der Waals surface area contributed by atoms with Crippen molar-refractivity contribution in [1.29, 1.82) is 0 Å². The average molecular weight is 212 g/mol. The smallest absolute Gasteiger partial charge is 0.0863 e. The number of aliphatic hydroxyl groups is 1. The Balaban J connectivity index is 2.39. The maximum Gasteiger partial charge on any atom is 0.0863 e. The summed E-state index contributed by atoms with van der Waals surface area (Å²) in [4.78, 5) is 2.11. The van der Waals surface area contributed by atoms with Crippen LogP contribution in [0.15, 0.2) is 6.20 Å². The number of nitrogens with zero attached hydrogens (tertiary/aromatic N) is 4. The summed E-state index contributed by atoms with van der Waals surface area (Å²) in [6.07, 6.45) is 1.43. The molecule has 0 bridgehead atoms. The lowest BCUT2D eigenvalue weighted by Crippen LogP contribution is -2.36. The topological polar surface area (TPSA) is 54.2 Å². The molecule has 1 N–H and O–H groups in total. The summed E-state index contributed by atoms with van der Waals surface area (Å²) in [7, 11) is 2.00. The van der Waals surface area contributed by atoms with E-state index in [1.54, 1.807) is 4.68 Å². The van der Waals surface area contributed by atoms with Crippen molar-refractivity contribution in [1.82, 2.24) is 19.9 Å². The van der Waals surface area contributed by atoms with E-state index in [2.05, 4.69) is 29.1 Å². The Morgan fingerprint density at radius 3 is 2.67 bits per heavy atom. The van der Waals surface area contributed by atoms with Crippen LogP contribution in [0.5, 0.6) is 0 Å². The van der Waals surface area contributed by atoms with Gasteiger partial charge in [0.1, 0.15) is 0 Å². The standard InChI is InChI=1S/C10H20N4O/c1-8(2)13(4)6-10(15)7-14-5-9(3)11-12-14/h5,8,10,15H,6-7H2,1-4H3. The van der Waals surface area contributed by atoms with E-state index in [-0.39, 0.29) is 0 Å². The second-order valence-electron chi connectivity index (χ2n) is 4.27. The highest BCUT2D eigenvalue weighted by Crippen LogP contribution is 1.99. The van der Waals surface area contributed by atoms with E-state index in [1.165, 1.54) is 0 Å². The average Bonchev–Trinajstić information content (AvgIpc) is 2.50. The Morgan fingerprint density at radius 2 is 2.20 bits per heavy atom. The van der Waals surface area contributed by atoms with E-state index in [9.17, 15) is 5.11 Å².